The number of nitriles is 1. The van der Waals surface area contributed by atoms with Gasteiger partial charge >= 0.3 is 0 Å². The fourth-order valence-corrected chi connectivity index (χ4v) is 2.43. The summed E-state index contributed by atoms with van der Waals surface area (Å²) in [6.07, 6.45) is 1.63. The van der Waals surface area contributed by atoms with Crippen molar-refractivity contribution in [3.63, 3.8) is 0 Å². The number of carbonyl (C=O) groups is 1. The molecule has 2 heterocycles. The highest BCUT2D eigenvalue weighted by molar-refractivity contribution is 7.99. The van der Waals surface area contributed by atoms with Gasteiger partial charge in [0.15, 0.2) is 0 Å². The van der Waals surface area contributed by atoms with Crippen LogP contribution in [0.2, 0.25) is 0 Å². The molecule has 8 heteroatoms. The van der Waals surface area contributed by atoms with Gasteiger partial charge in [0, 0.05) is 6.20 Å². The molecule has 24 heavy (non-hydrogen) atoms. The van der Waals surface area contributed by atoms with Crippen molar-refractivity contribution in [1.29, 1.82) is 5.26 Å². The molecule has 1 amide bonds. The lowest BCUT2D eigenvalue weighted by Gasteiger charge is -2.05. The maximum atomic E-state index is 12.0. The van der Waals surface area contributed by atoms with E-state index in [1.54, 1.807) is 42.6 Å². The Bertz CT molecular complexity index is 889. The minimum absolute atomic E-state index is 0.0869. The zero-order chi connectivity index (χ0) is 16.8. The SMILES string of the molecule is N#Cc1ccccc1NC(=O)CSc1nnc(-c2ccccn2)o1. The molecule has 0 saturated heterocycles. The van der Waals surface area contributed by atoms with Gasteiger partial charge in [0.25, 0.3) is 11.1 Å². The highest BCUT2D eigenvalue weighted by Crippen LogP contribution is 2.22. The molecule has 0 saturated carbocycles. The first kappa shape index (κ1) is 15.7. The Hall–Kier alpha value is -3.18. The van der Waals surface area contributed by atoms with Crippen LogP contribution in [-0.4, -0.2) is 26.8 Å². The van der Waals surface area contributed by atoms with Gasteiger partial charge in [0.2, 0.25) is 5.91 Å². The minimum Gasteiger partial charge on any atom is -0.410 e. The third kappa shape index (κ3) is 3.77. The van der Waals surface area contributed by atoms with E-state index in [1.165, 1.54) is 0 Å². The topological polar surface area (TPSA) is 105 Å². The molecule has 3 aromatic rings. The first-order chi connectivity index (χ1) is 11.8. The number of hydrogen-bond acceptors (Lipinski definition) is 7. The van der Waals surface area contributed by atoms with Gasteiger partial charge in [0.1, 0.15) is 11.8 Å². The third-order valence-electron chi connectivity index (χ3n) is 2.94. The number of nitrogens with one attached hydrogen (secondary N) is 1. The number of nitrogens with zero attached hydrogens (tertiary/aromatic N) is 4. The Morgan fingerprint density at radius 1 is 1.21 bits per heavy atom. The average molecular weight is 337 g/mol. The molecule has 3 rings (SSSR count). The first-order valence-corrected chi connectivity index (χ1v) is 7.91. The molecule has 0 aliphatic heterocycles. The number of amides is 1. The van der Waals surface area contributed by atoms with E-state index in [0.717, 1.165) is 11.8 Å². The average Bonchev–Trinajstić information content (AvgIpc) is 3.10. The van der Waals surface area contributed by atoms with E-state index < -0.39 is 0 Å². The number of anilines is 1. The summed E-state index contributed by atoms with van der Waals surface area (Å²) < 4.78 is 5.46. The van der Waals surface area contributed by atoms with E-state index in [9.17, 15) is 4.79 Å². The summed E-state index contributed by atoms with van der Waals surface area (Å²) in [5, 5.41) is 19.7. The summed E-state index contributed by atoms with van der Waals surface area (Å²) in [6, 6.07) is 14.2. The third-order valence-corrected chi connectivity index (χ3v) is 3.76. The number of benzene rings is 1. The number of aromatic nitrogens is 3. The number of thioether (sulfide) groups is 1. The van der Waals surface area contributed by atoms with Gasteiger partial charge in [-0.25, -0.2) is 0 Å². The van der Waals surface area contributed by atoms with E-state index in [1.807, 2.05) is 12.1 Å². The van der Waals surface area contributed by atoms with Crippen molar-refractivity contribution in [3.05, 3.63) is 54.2 Å². The number of hydrogen-bond donors (Lipinski definition) is 1. The summed E-state index contributed by atoms with van der Waals surface area (Å²) in [5.41, 5.74) is 1.46. The quantitative estimate of drug-likeness (QED) is 0.714. The van der Waals surface area contributed by atoms with Crippen LogP contribution < -0.4 is 5.32 Å². The predicted octanol–water partition coefficient (Wildman–Crippen LogP) is 2.73. The highest BCUT2D eigenvalue weighted by Gasteiger charge is 2.12. The van der Waals surface area contributed by atoms with Crippen molar-refractivity contribution in [2.75, 3.05) is 11.1 Å². The van der Waals surface area contributed by atoms with Gasteiger partial charge in [-0.15, -0.1) is 10.2 Å². The molecule has 0 aliphatic rings. The van der Waals surface area contributed by atoms with Crippen LogP contribution in [0.15, 0.2) is 58.3 Å². The smallest absolute Gasteiger partial charge is 0.277 e. The van der Waals surface area contributed by atoms with E-state index in [0.29, 0.717) is 22.8 Å². The number of rotatable bonds is 5. The van der Waals surface area contributed by atoms with Crippen molar-refractivity contribution < 1.29 is 9.21 Å². The molecular weight excluding hydrogens is 326 g/mol. The second kappa shape index (κ2) is 7.39. The van der Waals surface area contributed by atoms with Gasteiger partial charge in [-0.3, -0.25) is 9.78 Å². The maximum Gasteiger partial charge on any atom is 0.277 e. The van der Waals surface area contributed by atoms with E-state index in [2.05, 4.69) is 20.5 Å². The zero-order valence-electron chi connectivity index (χ0n) is 12.3. The normalized spacial score (nSPS) is 10.1. The number of pyridine rings is 1. The molecule has 0 bridgehead atoms. The van der Waals surface area contributed by atoms with Crippen LogP contribution in [0.3, 0.4) is 0 Å². The van der Waals surface area contributed by atoms with Crippen molar-refractivity contribution in [3.8, 4) is 17.7 Å². The van der Waals surface area contributed by atoms with Gasteiger partial charge in [0.05, 0.1) is 17.0 Å². The molecule has 7 nitrogen and oxygen atoms in total. The van der Waals surface area contributed by atoms with Gasteiger partial charge in [-0.1, -0.05) is 30.0 Å². The Morgan fingerprint density at radius 3 is 2.83 bits per heavy atom. The van der Waals surface area contributed by atoms with E-state index in [4.69, 9.17) is 9.68 Å². The van der Waals surface area contributed by atoms with Crippen molar-refractivity contribution >= 4 is 23.4 Å². The second-order valence-corrected chi connectivity index (χ2v) is 5.51. The molecule has 0 fully saturated rings. The lowest BCUT2D eigenvalue weighted by Crippen LogP contribution is -2.14. The molecule has 118 valence electrons. The number of para-hydroxylation sites is 1. The standard InChI is InChI=1S/C16H11N5O2S/c17-9-11-5-1-2-6-12(11)19-14(22)10-24-16-21-20-15(23-16)13-7-3-4-8-18-13/h1-8H,10H2,(H,19,22). The van der Waals surface area contributed by atoms with E-state index >= 15 is 0 Å². The van der Waals surface area contributed by atoms with Gasteiger partial charge in [-0.05, 0) is 24.3 Å². The highest BCUT2D eigenvalue weighted by atomic mass is 32.2. The van der Waals surface area contributed by atoms with Crippen molar-refractivity contribution in [1.82, 2.24) is 15.2 Å². The van der Waals surface area contributed by atoms with Gasteiger partial charge < -0.3 is 9.73 Å². The van der Waals surface area contributed by atoms with Crippen LogP contribution in [-0.2, 0) is 4.79 Å². The largest absolute Gasteiger partial charge is 0.410 e. The molecule has 0 unspecified atom stereocenters. The Kier molecular flexibility index (Phi) is 4.84. The first-order valence-electron chi connectivity index (χ1n) is 6.93. The Labute approximate surface area is 141 Å². The van der Waals surface area contributed by atoms with Crippen LogP contribution >= 0.6 is 11.8 Å². The minimum atomic E-state index is -0.264. The fourth-order valence-electron chi connectivity index (χ4n) is 1.86. The molecule has 0 aliphatic carbocycles. The second-order valence-electron chi connectivity index (χ2n) is 4.58. The van der Waals surface area contributed by atoms with Crippen molar-refractivity contribution in [2.45, 2.75) is 5.22 Å². The van der Waals surface area contributed by atoms with Crippen LogP contribution in [0.4, 0.5) is 5.69 Å². The van der Waals surface area contributed by atoms with Crippen molar-refractivity contribution in [2.24, 2.45) is 0 Å². The van der Waals surface area contributed by atoms with Crippen LogP contribution in [0.5, 0.6) is 0 Å². The monoisotopic (exact) mass is 337 g/mol. The summed E-state index contributed by atoms with van der Waals surface area (Å²) >= 11 is 1.11. The maximum absolute atomic E-state index is 12.0. The summed E-state index contributed by atoms with van der Waals surface area (Å²) in [7, 11) is 0. The summed E-state index contributed by atoms with van der Waals surface area (Å²) in [6.45, 7) is 0. The molecular formula is C16H11N5O2S. The summed E-state index contributed by atoms with van der Waals surface area (Å²) in [5.74, 6) is 0.123. The zero-order valence-corrected chi connectivity index (χ0v) is 13.2. The Morgan fingerprint density at radius 2 is 2.04 bits per heavy atom. The van der Waals surface area contributed by atoms with Crippen LogP contribution in [0.25, 0.3) is 11.6 Å². The molecule has 2 aromatic heterocycles. The molecule has 0 spiro atoms. The van der Waals surface area contributed by atoms with Crippen LogP contribution in [0.1, 0.15) is 5.56 Å². The predicted molar refractivity (Wildman–Crippen MR) is 88.0 cm³/mol. The molecule has 1 aromatic carbocycles. The Balaban J connectivity index is 1.59. The van der Waals surface area contributed by atoms with Gasteiger partial charge in [-0.2, -0.15) is 5.26 Å². The lowest BCUT2D eigenvalue weighted by molar-refractivity contribution is -0.113. The number of carbonyl (C=O) groups excluding carboxylic acids is 1. The molecule has 1 N–H and O–H groups in total. The molecule has 0 atom stereocenters. The fraction of sp³-hybridized carbons (Fsp3) is 0.0625. The lowest BCUT2D eigenvalue weighted by atomic mass is 10.2. The summed E-state index contributed by atoms with van der Waals surface area (Å²) in [4.78, 5) is 16.1. The van der Waals surface area contributed by atoms with Crippen LogP contribution in [0, 0.1) is 11.3 Å². The van der Waals surface area contributed by atoms with E-state index in [-0.39, 0.29) is 16.9 Å². The molecule has 0 radical (unpaired) electrons.